The van der Waals surface area contributed by atoms with E-state index in [1.165, 1.54) is 0 Å². The molecule has 0 aliphatic carbocycles. The molecule has 0 unspecified atom stereocenters. The van der Waals surface area contributed by atoms with Gasteiger partial charge in [0.1, 0.15) is 0 Å². The molecule has 0 fully saturated rings. The molecule has 0 saturated heterocycles. The molecule has 0 aromatic heterocycles. The predicted octanol–water partition coefficient (Wildman–Crippen LogP) is 2.88. The molecule has 0 aromatic rings. The van der Waals surface area contributed by atoms with E-state index in [1.807, 2.05) is 13.3 Å². The van der Waals surface area contributed by atoms with Gasteiger partial charge in [-0.25, -0.2) is 0 Å². The van der Waals surface area contributed by atoms with Gasteiger partial charge in [0.25, 0.3) is 0 Å². The highest BCUT2D eigenvalue weighted by Crippen LogP contribution is 2.47. The summed E-state index contributed by atoms with van der Waals surface area (Å²) in [4.78, 5) is 0. The highest BCUT2D eigenvalue weighted by molar-refractivity contribution is 8.18. The van der Waals surface area contributed by atoms with Crippen LogP contribution in [0.2, 0.25) is 0 Å². The molecule has 0 rings (SSSR count). The van der Waals surface area contributed by atoms with E-state index >= 15 is 0 Å². The second-order valence-electron chi connectivity index (χ2n) is 1.36. The first-order valence-corrected chi connectivity index (χ1v) is 9.80. The Hall–Kier alpha value is 1.52. The number of hydrogen-bond donors (Lipinski definition) is 0. The molecule has 0 N–H and O–H groups in total. The van der Waals surface area contributed by atoms with E-state index < -0.39 is 5.67 Å². The summed E-state index contributed by atoms with van der Waals surface area (Å²) in [5.74, 6) is 0. The smallest absolute Gasteiger partial charge is 0.121 e. The van der Waals surface area contributed by atoms with Crippen molar-refractivity contribution in [3.63, 3.8) is 0 Å². The van der Waals surface area contributed by atoms with Crippen LogP contribution < -0.4 is 0 Å². The number of hydrogen-bond acceptors (Lipinski definition) is 0. The van der Waals surface area contributed by atoms with Gasteiger partial charge in [0.2, 0.25) is 0 Å². The van der Waals surface area contributed by atoms with Crippen molar-refractivity contribution >= 4 is 46.4 Å². The van der Waals surface area contributed by atoms with Gasteiger partial charge in [-0.1, -0.05) is 7.47 Å². The van der Waals surface area contributed by atoms with Crippen LogP contribution >= 0.6 is 40.7 Å². The summed E-state index contributed by atoms with van der Waals surface area (Å²) in [6.07, 6.45) is 0. The van der Waals surface area contributed by atoms with Crippen LogP contribution in [0.3, 0.4) is 0 Å². The van der Waals surface area contributed by atoms with Crippen molar-refractivity contribution < 1.29 is 0 Å². The van der Waals surface area contributed by atoms with Crippen molar-refractivity contribution in [2.45, 2.75) is 0 Å². The maximum Gasteiger partial charge on any atom is 0.365 e. The van der Waals surface area contributed by atoms with Crippen LogP contribution in [0.15, 0.2) is 0 Å². The summed E-state index contributed by atoms with van der Waals surface area (Å²) in [6, 6.07) is 0. The minimum Gasteiger partial charge on any atom is -0.121 e. The Kier molecular flexibility index (Phi) is 3.51. The van der Waals surface area contributed by atoms with Crippen LogP contribution in [0.1, 0.15) is 0 Å². The van der Waals surface area contributed by atoms with Gasteiger partial charge >= 0.3 is 5.67 Å². The number of halogens is 3. The minimum atomic E-state index is -2.25. The standard InChI is InChI=1S/C2H6Cl3PSi/c1-6(2)7(3,4)5/h1-2H3. The molecule has 44 valence electrons. The molecular formula is C2H6Cl3PSi. The molecule has 0 radical (unpaired) electrons. The lowest BCUT2D eigenvalue weighted by atomic mass is 11.9. The first-order chi connectivity index (χ1) is 2.94. The normalized spacial score (nSPS) is 12.9. The molecule has 0 spiro atoms. The van der Waals surface area contributed by atoms with Crippen LogP contribution in [0.4, 0.5) is 0 Å². The van der Waals surface area contributed by atoms with Crippen LogP contribution in [-0.2, 0) is 0 Å². The fourth-order valence-corrected chi connectivity index (χ4v) is 0. The third kappa shape index (κ3) is 4.05. The summed E-state index contributed by atoms with van der Waals surface area (Å²) in [6.45, 7) is 3.96. The Labute approximate surface area is 59.9 Å². The topological polar surface area (TPSA) is 0 Å². The molecule has 0 saturated carbocycles. The van der Waals surface area contributed by atoms with E-state index in [-0.39, 0.29) is 7.47 Å². The van der Waals surface area contributed by atoms with Crippen LogP contribution in [0.5, 0.6) is 0 Å². The lowest BCUT2D eigenvalue weighted by molar-refractivity contribution is 2.28. The first kappa shape index (κ1) is 8.52. The van der Waals surface area contributed by atoms with E-state index in [1.54, 1.807) is 0 Å². The molecule has 0 nitrogen and oxygen atoms in total. The van der Waals surface area contributed by atoms with Crippen molar-refractivity contribution in [1.29, 1.82) is 0 Å². The molecule has 0 aliphatic heterocycles. The summed E-state index contributed by atoms with van der Waals surface area (Å²) in [5.41, 5.74) is -2.25. The maximum atomic E-state index is 5.57. The largest absolute Gasteiger partial charge is 0.365 e. The minimum absolute atomic E-state index is 0.306. The van der Waals surface area contributed by atoms with Gasteiger partial charge in [-0.05, 0) is 13.3 Å². The molecule has 0 aliphatic rings. The van der Waals surface area contributed by atoms with Gasteiger partial charge in [0, 0.05) is 0 Å². The Bertz CT molecular complexity index is 58.4. The van der Waals surface area contributed by atoms with Crippen molar-refractivity contribution in [2.75, 3.05) is 13.3 Å². The number of rotatable bonds is 1. The van der Waals surface area contributed by atoms with Crippen LogP contribution in [0, 0.1) is 0 Å². The van der Waals surface area contributed by atoms with Crippen molar-refractivity contribution in [3.05, 3.63) is 0 Å². The zero-order valence-electron chi connectivity index (χ0n) is 4.08. The molecule has 0 heterocycles. The van der Waals surface area contributed by atoms with E-state index in [0.29, 0.717) is 0 Å². The van der Waals surface area contributed by atoms with Crippen LogP contribution in [0.25, 0.3) is 0 Å². The van der Waals surface area contributed by atoms with Gasteiger partial charge in [-0.2, -0.15) is 0 Å². The highest BCUT2D eigenvalue weighted by Gasteiger charge is 2.28. The predicted molar refractivity (Wildman–Crippen MR) is 42.1 cm³/mol. The summed E-state index contributed by atoms with van der Waals surface area (Å²) in [5, 5.41) is 0. The van der Waals surface area contributed by atoms with Gasteiger partial charge in [0.05, 0.1) is 0 Å². The Morgan fingerprint density at radius 3 is 1.29 bits per heavy atom. The Morgan fingerprint density at radius 1 is 1.14 bits per heavy atom. The fraction of sp³-hybridized carbons (Fsp3) is 1.00. The monoisotopic (exact) mass is 194 g/mol. The van der Waals surface area contributed by atoms with Crippen molar-refractivity contribution in [2.24, 2.45) is 0 Å². The van der Waals surface area contributed by atoms with Crippen LogP contribution in [-0.4, -0.2) is 19.0 Å². The maximum absolute atomic E-state index is 5.57. The van der Waals surface area contributed by atoms with E-state index in [0.717, 1.165) is 0 Å². The summed E-state index contributed by atoms with van der Waals surface area (Å²) >= 11 is 16.7. The first-order valence-electron chi connectivity index (χ1n) is 1.68. The van der Waals surface area contributed by atoms with Crippen molar-refractivity contribution in [3.8, 4) is 0 Å². The second-order valence-corrected chi connectivity index (χ2v) is 18.0. The average molecular weight is 195 g/mol. The highest BCUT2D eigenvalue weighted by atomic mass is 35.9. The lowest BCUT2D eigenvalue weighted by Crippen LogP contribution is -2.03. The molecular weight excluding hydrogens is 189 g/mol. The summed E-state index contributed by atoms with van der Waals surface area (Å²) < 4.78 is 0. The Balaban J connectivity index is 3.54. The van der Waals surface area contributed by atoms with E-state index in [4.69, 9.17) is 33.2 Å². The lowest BCUT2D eigenvalue weighted by Gasteiger charge is -2.10. The Morgan fingerprint density at radius 2 is 1.29 bits per heavy atom. The summed E-state index contributed by atoms with van der Waals surface area (Å²) in [7, 11) is -0.306. The zero-order valence-corrected chi connectivity index (χ0v) is 8.24. The quantitative estimate of drug-likeness (QED) is 0.343. The second kappa shape index (κ2) is 2.89. The molecule has 0 bridgehead atoms. The third-order valence-electron chi connectivity index (χ3n) is 0.507. The molecule has 7 heavy (non-hydrogen) atoms. The van der Waals surface area contributed by atoms with E-state index in [2.05, 4.69) is 0 Å². The van der Waals surface area contributed by atoms with Gasteiger partial charge in [0.15, 0.2) is 0 Å². The molecule has 5 heteroatoms. The third-order valence-corrected chi connectivity index (χ3v) is 13.7. The molecule has 0 amide bonds. The van der Waals surface area contributed by atoms with E-state index in [9.17, 15) is 0 Å². The van der Waals surface area contributed by atoms with Gasteiger partial charge < -0.3 is 0 Å². The SMILES string of the molecule is CP(C)[Si](Cl)(Cl)Cl. The molecule has 0 atom stereocenters. The average Bonchev–Trinajstić information content (AvgIpc) is 1.31. The molecule has 0 aromatic carbocycles. The van der Waals surface area contributed by atoms with Gasteiger partial charge in [-0.15, -0.1) is 33.2 Å². The zero-order chi connectivity index (χ0) is 6.08. The van der Waals surface area contributed by atoms with Crippen molar-refractivity contribution in [1.82, 2.24) is 0 Å². The van der Waals surface area contributed by atoms with Gasteiger partial charge in [-0.3, -0.25) is 0 Å². The fourth-order valence-electron chi connectivity index (χ4n) is 0.